The minimum Gasteiger partial charge on any atom is -0.481 e. The Kier molecular flexibility index (Phi) is 17.6. The first-order valence-electron chi connectivity index (χ1n) is 15.2. The van der Waals surface area contributed by atoms with Gasteiger partial charge in [0.05, 0.1) is 38.2 Å². The van der Waals surface area contributed by atoms with Crippen LogP contribution in [0.15, 0.2) is 6.20 Å². The van der Waals surface area contributed by atoms with Crippen molar-refractivity contribution in [3.05, 3.63) is 11.9 Å². The van der Waals surface area contributed by atoms with Gasteiger partial charge in [-0.05, 0) is 0 Å². The van der Waals surface area contributed by atoms with Crippen molar-refractivity contribution in [1.29, 1.82) is 0 Å². The second-order valence-corrected chi connectivity index (χ2v) is 18.1. The topological polar surface area (TPSA) is 302 Å². The number of hydrogen-bond donors (Lipinski definition) is 7. The fraction of sp³-hybridized carbons (Fsp3) is 0.720. The van der Waals surface area contributed by atoms with Crippen LogP contribution in [-0.2, 0) is 50.8 Å². The highest BCUT2D eigenvalue weighted by Crippen LogP contribution is 2.43. The number of rotatable bonds is 21. The predicted molar refractivity (Wildman–Crippen MR) is 173 cm³/mol. The molecule has 0 radical (unpaired) electrons. The van der Waals surface area contributed by atoms with E-state index in [1.807, 2.05) is 0 Å². The van der Waals surface area contributed by atoms with Crippen molar-refractivity contribution in [2.45, 2.75) is 32.4 Å². The predicted octanol–water partition coefficient (Wildman–Crippen LogP) is -1.41. The summed E-state index contributed by atoms with van der Waals surface area (Å²) in [5.74, 6) is -4.65. The molecule has 1 aromatic heterocycles. The maximum absolute atomic E-state index is 13.2. The molecule has 1 saturated heterocycles. The Bertz CT molecular complexity index is 1430. The highest BCUT2D eigenvalue weighted by molar-refractivity contribution is 7.58. The van der Waals surface area contributed by atoms with Gasteiger partial charge in [0.2, 0.25) is 26.6 Å². The first-order chi connectivity index (χ1) is 22.9. The van der Waals surface area contributed by atoms with Crippen molar-refractivity contribution in [2.24, 2.45) is 0 Å². The van der Waals surface area contributed by atoms with Gasteiger partial charge in [0.15, 0.2) is 12.4 Å². The molecule has 7 N–H and O–H groups in total. The molecule has 49 heavy (non-hydrogen) atoms. The van der Waals surface area contributed by atoms with Crippen LogP contribution in [0.2, 0.25) is 0 Å². The highest BCUT2D eigenvalue weighted by Gasteiger charge is 2.30. The molecule has 276 valence electrons. The average Bonchev–Trinajstić information content (AvgIpc) is 3.48. The lowest BCUT2D eigenvalue weighted by molar-refractivity contribution is -0.138. The molecule has 1 fully saturated rings. The minimum absolute atomic E-state index is 0.0340. The van der Waals surface area contributed by atoms with Gasteiger partial charge < -0.3 is 35.7 Å². The molecule has 0 aromatic carbocycles. The van der Waals surface area contributed by atoms with Crippen LogP contribution in [0.25, 0.3) is 0 Å². The Morgan fingerprint density at radius 2 is 1.29 bits per heavy atom. The Morgan fingerprint density at radius 3 is 1.82 bits per heavy atom. The van der Waals surface area contributed by atoms with Crippen LogP contribution in [0.1, 0.15) is 25.0 Å². The summed E-state index contributed by atoms with van der Waals surface area (Å²) in [5.41, 5.74) is 0.289. The van der Waals surface area contributed by atoms with Crippen molar-refractivity contribution in [3.8, 4) is 0 Å². The van der Waals surface area contributed by atoms with Crippen molar-refractivity contribution in [2.75, 3.05) is 83.2 Å². The summed E-state index contributed by atoms with van der Waals surface area (Å²) in [5, 5.41) is 38.7. The fourth-order valence-electron chi connectivity index (χ4n) is 4.59. The van der Waals surface area contributed by atoms with Gasteiger partial charge in [0, 0.05) is 58.0 Å². The smallest absolute Gasteiger partial charge is 0.354 e. The van der Waals surface area contributed by atoms with E-state index in [4.69, 9.17) is 15.3 Å². The summed E-state index contributed by atoms with van der Waals surface area (Å²) < 4.78 is 39.6. The van der Waals surface area contributed by atoms with Gasteiger partial charge in [-0.3, -0.25) is 47.8 Å². The van der Waals surface area contributed by atoms with Crippen molar-refractivity contribution in [3.63, 3.8) is 0 Å². The molecule has 2 rings (SSSR count). The second kappa shape index (κ2) is 20.5. The van der Waals surface area contributed by atoms with Gasteiger partial charge in [-0.2, -0.15) is 0 Å². The quantitative estimate of drug-likeness (QED) is 0.0709. The Balaban J connectivity index is 1.96. The Labute approximate surface area is 282 Å². The number of aliphatic carboxylic acids is 3. The van der Waals surface area contributed by atoms with E-state index in [9.17, 15) is 47.5 Å². The molecular formula is C25H44N8O13P3+. The Hall–Kier alpha value is -3.15. The lowest BCUT2D eigenvalue weighted by Crippen LogP contribution is -2.37. The lowest BCUT2D eigenvalue weighted by atomic mass is 10.4. The Morgan fingerprint density at radius 1 is 0.755 bits per heavy atom. The zero-order chi connectivity index (χ0) is 36.6. The molecule has 1 aromatic rings. The van der Waals surface area contributed by atoms with Crippen LogP contribution < -0.4 is 10.6 Å². The highest BCUT2D eigenvalue weighted by atomic mass is 31.2. The summed E-state index contributed by atoms with van der Waals surface area (Å²) >= 11 is 0. The molecule has 24 heteroatoms. The van der Waals surface area contributed by atoms with Crippen LogP contribution in [0.3, 0.4) is 0 Å². The van der Waals surface area contributed by atoms with Gasteiger partial charge in [-0.15, -0.1) is 5.10 Å². The van der Waals surface area contributed by atoms with Crippen molar-refractivity contribution >= 4 is 52.3 Å². The summed E-state index contributed by atoms with van der Waals surface area (Å²) in [6, 6.07) is 0. The van der Waals surface area contributed by atoms with Crippen molar-refractivity contribution in [1.82, 2.24) is 40.3 Å². The third-order valence-corrected chi connectivity index (χ3v) is 12.1. The normalized spacial score (nSPS) is 17.8. The molecule has 0 saturated carbocycles. The molecule has 3 unspecified atom stereocenters. The second-order valence-electron chi connectivity index (χ2n) is 11.5. The van der Waals surface area contributed by atoms with Crippen molar-refractivity contribution < 1.29 is 62.8 Å². The SMILES string of the molecule is O=C(O)CC[P+](=O)CN1CCN(CP(=O)(O)CCC(=O)O)CCN(CP(=O)(O)CCC(=O)NCc2cn(CC(=O)NCC(=O)O)nn2)CC1. The van der Waals surface area contributed by atoms with E-state index in [2.05, 4.69) is 20.9 Å². The van der Waals surface area contributed by atoms with Crippen LogP contribution in [0.4, 0.5) is 0 Å². The summed E-state index contributed by atoms with van der Waals surface area (Å²) in [6.45, 7) is 0.617. The average molecular weight is 758 g/mol. The van der Waals surface area contributed by atoms with Gasteiger partial charge in [0.25, 0.3) is 0 Å². The number of hydrogen-bond acceptors (Lipinski definition) is 13. The number of carbonyl (C=O) groups excluding carboxylic acids is 2. The monoisotopic (exact) mass is 757 g/mol. The maximum atomic E-state index is 13.2. The molecule has 2 heterocycles. The fourth-order valence-corrected chi connectivity index (χ4v) is 9.09. The summed E-state index contributed by atoms with van der Waals surface area (Å²) in [7, 11) is -9.69. The van der Waals surface area contributed by atoms with Gasteiger partial charge in [-0.25, -0.2) is 4.68 Å². The third kappa shape index (κ3) is 19.0. The molecule has 0 spiro atoms. The summed E-state index contributed by atoms with van der Waals surface area (Å²) in [6.07, 6.45) is -1.05. The number of nitrogens with one attached hydrogen (secondary N) is 2. The van der Waals surface area contributed by atoms with Crippen LogP contribution in [0.5, 0.6) is 0 Å². The van der Waals surface area contributed by atoms with E-state index < -0.39 is 71.4 Å². The molecule has 1 aliphatic rings. The lowest BCUT2D eigenvalue weighted by Gasteiger charge is -2.28. The number of amides is 2. The van der Waals surface area contributed by atoms with E-state index in [1.54, 1.807) is 14.7 Å². The molecular weight excluding hydrogens is 713 g/mol. The number of carboxylic acids is 3. The number of nitrogens with zero attached hydrogens (tertiary/aromatic N) is 6. The molecule has 3 atom stereocenters. The van der Waals surface area contributed by atoms with Gasteiger partial charge in [0.1, 0.15) is 18.8 Å². The standard InChI is InChI=1S/C25H43N8O13P3/c34-21(26-13-20-15-33(29-28-20)16-22(35)27-14-25(40)41)2-11-48(43,44)18-31-6-4-30(17-47(42)10-1-23(36)37)5-7-32(9-8-31)19-49(45,46)12-3-24(38)39/h15H,1-14,16-19H2,(H6-,26,27,34,35,36,37,38,39,40,41,43,44,45,46)/p+1. The van der Waals surface area contributed by atoms with E-state index in [-0.39, 0.29) is 89.0 Å². The largest absolute Gasteiger partial charge is 0.481 e. The molecule has 0 aliphatic carbocycles. The molecule has 0 bridgehead atoms. The summed E-state index contributed by atoms with van der Waals surface area (Å²) in [4.78, 5) is 82.8. The number of aromatic nitrogens is 3. The zero-order valence-electron chi connectivity index (χ0n) is 26.8. The van der Waals surface area contributed by atoms with Gasteiger partial charge in [-0.1, -0.05) is 9.78 Å². The molecule has 21 nitrogen and oxygen atoms in total. The van der Waals surface area contributed by atoms with Crippen LogP contribution in [0, 0.1) is 0 Å². The molecule has 1 aliphatic heterocycles. The minimum atomic E-state index is -3.92. The first-order valence-corrected chi connectivity index (χ1v) is 20.9. The van der Waals surface area contributed by atoms with Gasteiger partial charge >= 0.3 is 25.7 Å². The van der Waals surface area contributed by atoms with E-state index in [0.717, 1.165) is 4.68 Å². The number of carbonyl (C=O) groups is 5. The van der Waals surface area contributed by atoms with Crippen LogP contribution >= 0.6 is 22.5 Å². The van der Waals surface area contributed by atoms with E-state index in [1.165, 1.54) is 6.20 Å². The zero-order valence-corrected chi connectivity index (χ0v) is 29.5. The maximum Gasteiger partial charge on any atom is 0.354 e. The first kappa shape index (κ1) is 42.0. The van der Waals surface area contributed by atoms with E-state index >= 15 is 0 Å². The van der Waals surface area contributed by atoms with E-state index in [0.29, 0.717) is 13.1 Å². The van der Waals surface area contributed by atoms with Crippen LogP contribution in [-0.4, -0.2) is 168 Å². The molecule has 2 amide bonds. The third-order valence-electron chi connectivity index (χ3n) is 7.13. The number of carboxylic acid groups (broad SMARTS) is 3.